The topological polar surface area (TPSA) is 66.6 Å². The van der Waals surface area contributed by atoms with Gasteiger partial charge in [0.05, 0.1) is 6.10 Å². The number of amides is 1. The molecule has 0 radical (unpaired) electrons. The Balaban J connectivity index is 2.48. The number of carbonyl (C=O) groups excluding carboxylic acids is 1. The molecule has 0 saturated carbocycles. The first kappa shape index (κ1) is 12.5. The van der Waals surface area contributed by atoms with Crippen LogP contribution in [-0.4, -0.2) is 40.6 Å². The smallest absolute Gasteiger partial charge is 0.224 e. The molecule has 0 bridgehead atoms. The van der Waals surface area contributed by atoms with Crippen molar-refractivity contribution < 1.29 is 9.90 Å². The Morgan fingerprint density at radius 3 is 2.67 bits per heavy atom. The van der Waals surface area contributed by atoms with Gasteiger partial charge in [0.25, 0.3) is 0 Å². The van der Waals surface area contributed by atoms with Gasteiger partial charge in [-0.15, -0.1) is 0 Å². The lowest BCUT2D eigenvalue weighted by atomic mass is 9.94. The van der Waals surface area contributed by atoms with Crippen molar-refractivity contribution in [3.05, 3.63) is 0 Å². The molecule has 1 aliphatic heterocycles. The Hall–Kier alpha value is -0.610. The van der Waals surface area contributed by atoms with Gasteiger partial charge in [-0.3, -0.25) is 4.79 Å². The van der Waals surface area contributed by atoms with Crippen molar-refractivity contribution in [1.82, 2.24) is 4.90 Å². The Bertz CT molecular complexity index is 235. The summed E-state index contributed by atoms with van der Waals surface area (Å²) in [5.74, 6) is 0.341. The molecular formula is C11H22N2O2. The second kappa shape index (κ2) is 4.49. The summed E-state index contributed by atoms with van der Waals surface area (Å²) in [6, 6.07) is 0. The SMILES string of the molecule is CC1CCN(C(=O)CC(C)(C)N)CC1O. The second-order valence-corrected chi connectivity index (χ2v) is 5.34. The van der Waals surface area contributed by atoms with Gasteiger partial charge in [0, 0.05) is 25.0 Å². The number of β-amino-alcohol motifs (C(OH)–C–C–N with tert-alkyl or cyclic N) is 1. The van der Waals surface area contributed by atoms with E-state index in [1.165, 1.54) is 0 Å². The van der Waals surface area contributed by atoms with Gasteiger partial charge in [-0.2, -0.15) is 0 Å². The van der Waals surface area contributed by atoms with E-state index in [-0.39, 0.29) is 12.0 Å². The fourth-order valence-corrected chi connectivity index (χ4v) is 1.78. The van der Waals surface area contributed by atoms with Gasteiger partial charge in [-0.25, -0.2) is 0 Å². The summed E-state index contributed by atoms with van der Waals surface area (Å²) < 4.78 is 0. The number of rotatable bonds is 2. The maximum absolute atomic E-state index is 11.8. The summed E-state index contributed by atoms with van der Waals surface area (Å²) in [7, 11) is 0. The predicted octanol–water partition coefficient (Wildman–Crippen LogP) is 0.343. The maximum Gasteiger partial charge on any atom is 0.224 e. The van der Waals surface area contributed by atoms with E-state index in [0.717, 1.165) is 13.0 Å². The highest BCUT2D eigenvalue weighted by Crippen LogP contribution is 2.18. The molecule has 4 nitrogen and oxygen atoms in total. The van der Waals surface area contributed by atoms with Crippen molar-refractivity contribution >= 4 is 5.91 Å². The normalized spacial score (nSPS) is 27.9. The Labute approximate surface area is 91.4 Å². The lowest BCUT2D eigenvalue weighted by molar-refractivity contribution is -0.136. The molecule has 2 unspecified atom stereocenters. The molecule has 15 heavy (non-hydrogen) atoms. The Morgan fingerprint density at radius 2 is 2.20 bits per heavy atom. The number of nitrogens with zero attached hydrogens (tertiary/aromatic N) is 1. The quantitative estimate of drug-likeness (QED) is 0.696. The van der Waals surface area contributed by atoms with Crippen molar-refractivity contribution in [3.8, 4) is 0 Å². The number of carbonyl (C=O) groups is 1. The lowest BCUT2D eigenvalue weighted by Gasteiger charge is -2.35. The van der Waals surface area contributed by atoms with E-state index in [1.54, 1.807) is 4.90 Å². The lowest BCUT2D eigenvalue weighted by Crippen LogP contribution is -2.48. The molecule has 0 spiro atoms. The monoisotopic (exact) mass is 214 g/mol. The van der Waals surface area contributed by atoms with E-state index in [2.05, 4.69) is 0 Å². The number of likely N-dealkylation sites (tertiary alicyclic amines) is 1. The standard InChI is InChI=1S/C11H22N2O2/c1-8-4-5-13(7-9(8)14)10(15)6-11(2,3)12/h8-9,14H,4-7,12H2,1-3H3. The van der Waals surface area contributed by atoms with Crippen LogP contribution in [0.1, 0.15) is 33.6 Å². The average molecular weight is 214 g/mol. The molecule has 1 rings (SSSR count). The third-order valence-corrected chi connectivity index (χ3v) is 2.88. The number of piperidine rings is 1. The van der Waals surface area contributed by atoms with E-state index in [9.17, 15) is 9.90 Å². The molecule has 0 aromatic carbocycles. The number of aliphatic hydroxyl groups is 1. The minimum absolute atomic E-state index is 0.0495. The highest BCUT2D eigenvalue weighted by Gasteiger charge is 2.29. The third-order valence-electron chi connectivity index (χ3n) is 2.88. The number of hydrogen-bond acceptors (Lipinski definition) is 3. The molecule has 0 aromatic heterocycles. The Kier molecular flexibility index (Phi) is 3.73. The molecule has 0 aliphatic carbocycles. The van der Waals surface area contributed by atoms with Gasteiger partial charge >= 0.3 is 0 Å². The zero-order valence-electron chi connectivity index (χ0n) is 9.86. The minimum Gasteiger partial charge on any atom is -0.391 e. The van der Waals surface area contributed by atoms with Gasteiger partial charge in [0.15, 0.2) is 0 Å². The molecule has 4 heteroatoms. The first-order chi connectivity index (χ1) is 6.79. The van der Waals surface area contributed by atoms with Crippen LogP contribution in [0, 0.1) is 5.92 Å². The average Bonchev–Trinajstić information content (AvgIpc) is 2.06. The molecule has 1 heterocycles. The highest BCUT2D eigenvalue weighted by molar-refractivity contribution is 5.77. The van der Waals surface area contributed by atoms with Crippen molar-refractivity contribution in [1.29, 1.82) is 0 Å². The minimum atomic E-state index is -0.467. The van der Waals surface area contributed by atoms with E-state index in [4.69, 9.17) is 5.73 Å². The molecule has 0 aromatic rings. The molecular weight excluding hydrogens is 192 g/mol. The van der Waals surface area contributed by atoms with Crippen LogP contribution in [0.2, 0.25) is 0 Å². The first-order valence-corrected chi connectivity index (χ1v) is 5.54. The molecule has 1 amide bonds. The zero-order valence-corrected chi connectivity index (χ0v) is 9.86. The molecule has 1 saturated heterocycles. The predicted molar refractivity (Wildman–Crippen MR) is 59.3 cm³/mol. The van der Waals surface area contributed by atoms with Gasteiger partial charge in [0.1, 0.15) is 0 Å². The van der Waals surface area contributed by atoms with E-state index in [1.807, 2.05) is 20.8 Å². The molecule has 3 N–H and O–H groups in total. The van der Waals surface area contributed by atoms with E-state index < -0.39 is 5.54 Å². The fraction of sp³-hybridized carbons (Fsp3) is 0.909. The van der Waals surface area contributed by atoms with Gasteiger partial charge in [-0.1, -0.05) is 6.92 Å². The zero-order chi connectivity index (χ0) is 11.6. The summed E-state index contributed by atoms with van der Waals surface area (Å²) >= 11 is 0. The van der Waals surface area contributed by atoms with Crippen molar-refractivity contribution in [2.75, 3.05) is 13.1 Å². The largest absolute Gasteiger partial charge is 0.391 e. The summed E-state index contributed by atoms with van der Waals surface area (Å²) in [4.78, 5) is 13.5. The highest BCUT2D eigenvalue weighted by atomic mass is 16.3. The van der Waals surface area contributed by atoms with Gasteiger partial charge in [0.2, 0.25) is 5.91 Å². The number of aliphatic hydroxyl groups excluding tert-OH is 1. The van der Waals surface area contributed by atoms with Crippen LogP contribution >= 0.6 is 0 Å². The van der Waals surface area contributed by atoms with Crippen molar-refractivity contribution in [3.63, 3.8) is 0 Å². The van der Waals surface area contributed by atoms with E-state index >= 15 is 0 Å². The van der Waals surface area contributed by atoms with Crippen LogP contribution in [0.15, 0.2) is 0 Å². The van der Waals surface area contributed by atoms with Crippen LogP contribution in [0.5, 0.6) is 0 Å². The van der Waals surface area contributed by atoms with Gasteiger partial charge < -0.3 is 15.7 Å². The van der Waals surface area contributed by atoms with Gasteiger partial charge in [-0.05, 0) is 26.2 Å². The molecule has 1 fully saturated rings. The van der Waals surface area contributed by atoms with Crippen molar-refractivity contribution in [2.45, 2.75) is 45.3 Å². The number of hydrogen-bond donors (Lipinski definition) is 2. The maximum atomic E-state index is 11.8. The summed E-state index contributed by atoms with van der Waals surface area (Å²) in [5, 5.41) is 9.67. The summed E-state index contributed by atoms with van der Waals surface area (Å²) in [6.45, 7) is 6.89. The van der Waals surface area contributed by atoms with Crippen LogP contribution in [0.3, 0.4) is 0 Å². The van der Waals surface area contributed by atoms with Crippen molar-refractivity contribution in [2.24, 2.45) is 11.7 Å². The van der Waals surface area contributed by atoms with Crippen LogP contribution < -0.4 is 5.73 Å². The summed E-state index contributed by atoms with van der Waals surface area (Å²) in [6.07, 6.45) is 0.829. The van der Waals surface area contributed by atoms with Crippen LogP contribution in [-0.2, 0) is 4.79 Å². The first-order valence-electron chi connectivity index (χ1n) is 5.54. The summed E-state index contributed by atoms with van der Waals surface area (Å²) in [5.41, 5.74) is 5.33. The fourth-order valence-electron chi connectivity index (χ4n) is 1.78. The molecule has 88 valence electrons. The number of nitrogens with two attached hydrogens (primary N) is 1. The molecule has 1 aliphatic rings. The Morgan fingerprint density at radius 1 is 1.60 bits per heavy atom. The molecule has 2 atom stereocenters. The second-order valence-electron chi connectivity index (χ2n) is 5.34. The van der Waals surface area contributed by atoms with Crippen LogP contribution in [0.4, 0.5) is 0 Å². The van der Waals surface area contributed by atoms with E-state index in [0.29, 0.717) is 18.9 Å². The third kappa shape index (κ3) is 3.80. The van der Waals surface area contributed by atoms with Crippen LogP contribution in [0.25, 0.3) is 0 Å².